The third-order valence-corrected chi connectivity index (χ3v) is 2.26. The second-order valence-electron chi connectivity index (χ2n) is 4.50. The highest BCUT2D eigenvalue weighted by molar-refractivity contribution is 6.01. The zero-order valence-corrected chi connectivity index (χ0v) is 10.9. The van der Waals surface area contributed by atoms with Crippen molar-refractivity contribution in [2.75, 3.05) is 0 Å². The molecular weight excluding hydrogens is 234 g/mol. The topological polar surface area (TPSA) is 102 Å². The fourth-order valence-corrected chi connectivity index (χ4v) is 1.28. The van der Waals surface area contributed by atoms with E-state index in [1.807, 2.05) is 0 Å². The summed E-state index contributed by atoms with van der Waals surface area (Å²) >= 11 is 0. The molecule has 0 fully saturated rings. The predicted molar refractivity (Wildman–Crippen MR) is 67.1 cm³/mol. The molecular formula is C11H17N5O2. The Bertz CT molecular complexity index is 497. The molecule has 18 heavy (non-hydrogen) atoms. The van der Waals surface area contributed by atoms with Crippen LogP contribution in [0.3, 0.4) is 0 Å². The van der Waals surface area contributed by atoms with Crippen molar-refractivity contribution in [1.29, 1.82) is 0 Å². The van der Waals surface area contributed by atoms with Crippen LogP contribution in [0.4, 0.5) is 0 Å². The fourth-order valence-electron chi connectivity index (χ4n) is 1.28. The van der Waals surface area contributed by atoms with E-state index in [9.17, 15) is 9.59 Å². The Kier molecular flexibility index (Phi) is 3.85. The first-order valence-corrected chi connectivity index (χ1v) is 5.39. The minimum atomic E-state index is -1.14. The zero-order valence-electron chi connectivity index (χ0n) is 10.9. The standard InChI is InChI=1S/C11H17N5O2/c1-7(12)14-10(18)11(2,3)15-9(17)8-13-5-6-16(8)4/h5-6H,1-4H3,(H,15,17)(H2,12,14,18). The Balaban J connectivity index is 2.84. The summed E-state index contributed by atoms with van der Waals surface area (Å²) in [6.07, 6.45) is 3.15. The second-order valence-corrected chi connectivity index (χ2v) is 4.50. The summed E-state index contributed by atoms with van der Waals surface area (Å²) in [5, 5.41) is 2.57. The van der Waals surface area contributed by atoms with Gasteiger partial charge in [-0.3, -0.25) is 9.59 Å². The molecule has 0 atom stereocenters. The molecule has 0 unspecified atom stereocenters. The zero-order chi connectivity index (χ0) is 13.9. The molecule has 7 nitrogen and oxygen atoms in total. The molecule has 1 aromatic rings. The lowest BCUT2D eigenvalue weighted by Gasteiger charge is -2.22. The summed E-state index contributed by atoms with van der Waals surface area (Å²) in [7, 11) is 1.69. The number of nitrogens with one attached hydrogen (secondary N) is 1. The Morgan fingerprint density at radius 2 is 2.11 bits per heavy atom. The van der Waals surface area contributed by atoms with Crippen LogP contribution >= 0.6 is 0 Å². The number of nitrogens with two attached hydrogens (primary N) is 1. The van der Waals surface area contributed by atoms with Crippen molar-refractivity contribution in [3.63, 3.8) is 0 Å². The van der Waals surface area contributed by atoms with Crippen LogP contribution in [0.15, 0.2) is 17.4 Å². The lowest BCUT2D eigenvalue weighted by molar-refractivity contribution is -0.122. The van der Waals surface area contributed by atoms with Crippen molar-refractivity contribution >= 4 is 17.6 Å². The highest BCUT2D eigenvalue weighted by Crippen LogP contribution is 2.07. The molecule has 3 N–H and O–H groups in total. The number of aryl methyl sites for hydroxylation is 1. The number of hydrogen-bond acceptors (Lipinski definition) is 3. The third-order valence-electron chi connectivity index (χ3n) is 2.26. The molecule has 0 bridgehead atoms. The van der Waals surface area contributed by atoms with Crippen LogP contribution in [0.2, 0.25) is 0 Å². The summed E-state index contributed by atoms with van der Waals surface area (Å²) in [6, 6.07) is 0. The van der Waals surface area contributed by atoms with E-state index in [0.29, 0.717) is 0 Å². The van der Waals surface area contributed by atoms with Crippen LogP contribution in [-0.4, -0.2) is 32.7 Å². The maximum absolute atomic E-state index is 11.9. The smallest absolute Gasteiger partial charge is 0.288 e. The molecule has 0 aliphatic heterocycles. The fraction of sp³-hybridized carbons (Fsp3) is 0.455. The molecule has 0 aliphatic carbocycles. The van der Waals surface area contributed by atoms with Crippen LogP contribution in [0.1, 0.15) is 31.4 Å². The SMILES string of the molecule is CC(N)=NC(=O)C(C)(C)NC(=O)c1nccn1C. The monoisotopic (exact) mass is 251 g/mol. The van der Waals surface area contributed by atoms with Crippen LogP contribution in [-0.2, 0) is 11.8 Å². The van der Waals surface area contributed by atoms with Crippen molar-refractivity contribution < 1.29 is 9.59 Å². The molecule has 2 amide bonds. The highest BCUT2D eigenvalue weighted by atomic mass is 16.2. The van der Waals surface area contributed by atoms with Crippen molar-refractivity contribution in [1.82, 2.24) is 14.9 Å². The summed E-state index contributed by atoms with van der Waals surface area (Å²) in [5.74, 6) is -0.570. The van der Waals surface area contributed by atoms with E-state index in [-0.39, 0.29) is 11.7 Å². The number of carbonyl (C=O) groups excluding carboxylic acids is 2. The van der Waals surface area contributed by atoms with E-state index < -0.39 is 17.4 Å². The number of imidazole rings is 1. The molecule has 0 spiro atoms. The van der Waals surface area contributed by atoms with Gasteiger partial charge in [-0.05, 0) is 20.8 Å². The maximum atomic E-state index is 11.9. The van der Waals surface area contributed by atoms with Gasteiger partial charge in [0, 0.05) is 19.4 Å². The van der Waals surface area contributed by atoms with Crippen LogP contribution in [0, 0.1) is 0 Å². The molecule has 0 aliphatic rings. The summed E-state index contributed by atoms with van der Waals surface area (Å²) in [6.45, 7) is 4.62. The number of amides is 2. The van der Waals surface area contributed by atoms with Gasteiger partial charge in [-0.2, -0.15) is 4.99 Å². The highest BCUT2D eigenvalue weighted by Gasteiger charge is 2.30. The van der Waals surface area contributed by atoms with Gasteiger partial charge < -0.3 is 15.6 Å². The lowest BCUT2D eigenvalue weighted by atomic mass is 10.0. The lowest BCUT2D eigenvalue weighted by Crippen LogP contribution is -2.50. The molecule has 0 aromatic carbocycles. The average molecular weight is 251 g/mol. The Labute approximate surface area is 105 Å². The van der Waals surface area contributed by atoms with E-state index in [1.165, 1.54) is 13.1 Å². The normalized spacial score (nSPS) is 12.3. The minimum Gasteiger partial charge on any atom is -0.387 e. The van der Waals surface area contributed by atoms with Gasteiger partial charge in [0.15, 0.2) is 5.82 Å². The number of carbonyl (C=O) groups is 2. The average Bonchev–Trinajstić information content (AvgIpc) is 2.62. The Morgan fingerprint density at radius 3 is 2.56 bits per heavy atom. The first kappa shape index (κ1) is 13.9. The minimum absolute atomic E-state index is 0.152. The third kappa shape index (κ3) is 3.16. The molecule has 7 heteroatoms. The van der Waals surface area contributed by atoms with Crippen molar-refractivity contribution in [3.8, 4) is 0 Å². The first-order chi connectivity index (χ1) is 8.24. The number of rotatable bonds is 3. The quantitative estimate of drug-likeness (QED) is 0.575. The number of nitrogens with zero attached hydrogens (tertiary/aromatic N) is 3. The van der Waals surface area contributed by atoms with Crippen LogP contribution in [0.5, 0.6) is 0 Å². The summed E-state index contributed by atoms with van der Waals surface area (Å²) in [5.41, 5.74) is 4.20. The van der Waals surface area contributed by atoms with Gasteiger partial charge in [-0.1, -0.05) is 0 Å². The van der Waals surface area contributed by atoms with Crippen LogP contribution in [0.25, 0.3) is 0 Å². The predicted octanol–water partition coefficient (Wildman–Crippen LogP) is -0.168. The van der Waals surface area contributed by atoms with Crippen molar-refractivity contribution in [2.45, 2.75) is 26.3 Å². The van der Waals surface area contributed by atoms with E-state index in [2.05, 4.69) is 15.3 Å². The molecule has 0 saturated heterocycles. The van der Waals surface area contributed by atoms with Gasteiger partial charge in [-0.25, -0.2) is 4.98 Å². The van der Waals surface area contributed by atoms with E-state index in [4.69, 9.17) is 5.73 Å². The van der Waals surface area contributed by atoms with Gasteiger partial charge in [0.1, 0.15) is 5.54 Å². The van der Waals surface area contributed by atoms with Gasteiger partial charge >= 0.3 is 0 Å². The van der Waals surface area contributed by atoms with E-state index in [0.717, 1.165) is 0 Å². The summed E-state index contributed by atoms with van der Waals surface area (Å²) in [4.78, 5) is 31.2. The van der Waals surface area contributed by atoms with E-state index >= 15 is 0 Å². The molecule has 1 aromatic heterocycles. The molecule has 1 heterocycles. The van der Waals surface area contributed by atoms with E-state index in [1.54, 1.807) is 31.7 Å². The van der Waals surface area contributed by atoms with Gasteiger partial charge in [0.25, 0.3) is 11.8 Å². The van der Waals surface area contributed by atoms with Crippen LogP contribution < -0.4 is 11.1 Å². The summed E-state index contributed by atoms with van der Waals surface area (Å²) < 4.78 is 1.56. The number of aliphatic imine (C=N–C) groups is 1. The molecule has 0 radical (unpaired) electrons. The van der Waals surface area contributed by atoms with Gasteiger partial charge in [0.05, 0.1) is 5.84 Å². The van der Waals surface area contributed by atoms with Gasteiger partial charge in [-0.15, -0.1) is 0 Å². The molecule has 0 saturated carbocycles. The van der Waals surface area contributed by atoms with Gasteiger partial charge in [0.2, 0.25) is 0 Å². The maximum Gasteiger partial charge on any atom is 0.288 e. The van der Waals surface area contributed by atoms with Crippen molar-refractivity contribution in [2.24, 2.45) is 17.8 Å². The number of amidine groups is 1. The Morgan fingerprint density at radius 1 is 1.50 bits per heavy atom. The molecule has 1 rings (SSSR count). The second kappa shape index (κ2) is 4.99. The molecule has 98 valence electrons. The number of aromatic nitrogens is 2. The first-order valence-electron chi connectivity index (χ1n) is 5.39. The Hall–Kier alpha value is -2.18. The van der Waals surface area contributed by atoms with Crippen molar-refractivity contribution in [3.05, 3.63) is 18.2 Å². The number of hydrogen-bond donors (Lipinski definition) is 2. The largest absolute Gasteiger partial charge is 0.387 e.